The van der Waals surface area contributed by atoms with Crippen molar-refractivity contribution < 1.29 is 49.7 Å². The number of aliphatic hydroxyl groups excluding tert-OH is 1. The molecule has 6 heteroatoms. The molecule has 0 amide bonds. The molecule has 0 aliphatic rings. The predicted octanol–water partition coefficient (Wildman–Crippen LogP) is -1.11. The molecule has 21 heavy (non-hydrogen) atoms. The van der Waals surface area contributed by atoms with Gasteiger partial charge in [0.2, 0.25) is 0 Å². The molecule has 0 saturated carbocycles. The largest absolute Gasteiger partial charge is 1.00 e. The molecule has 0 unspecified atom stereocenters. The van der Waals surface area contributed by atoms with E-state index in [4.69, 9.17) is 5.11 Å². The molecule has 0 saturated heterocycles. The molecule has 2 N–H and O–H groups in total. The molecule has 0 rings (SSSR count). The Labute approximate surface area is 149 Å². The van der Waals surface area contributed by atoms with Crippen LogP contribution in [0.3, 0.4) is 0 Å². The van der Waals surface area contributed by atoms with Crippen LogP contribution in [-0.2, 0) is 4.79 Å². The van der Waals surface area contributed by atoms with E-state index in [1.54, 1.807) is 0 Å². The first-order chi connectivity index (χ1) is 9.49. The zero-order valence-electron chi connectivity index (χ0n) is 13.3. The van der Waals surface area contributed by atoms with Crippen molar-refractivity contribution in [3.05, 3.63) is 12.7 Å². The Morgan fingerprint density at radius 1 is 1.24 bits per heavy atom. The van der Waals surface area contributed by atoms with E-state index in [0.29, 0.717) is 0 Å². The van der Waals surface area contributed by atoms with Crippen molar-refractivity contribution in [3.63, 3.8) is 0 Å². The molecule has 0 spiro atoms. The van der Waals surface area contributed by atoms with Gasteiger partial charge in [0.1, 0.15) is 0 Å². The standard InChI is InChI=1S/C15H27NO4.Na/c1-3-4-5-6-7-8-9-10-11-13(18)16-14(12(2)17)15(19)20;/h3,12,14,17H,1,4-11H2,2H3,(H,16,18)(H,19,20);/q;+1/p-1/t12-,14+;/m1./s1. The maximum absolute atomic E-state index is 11.5. The molecule has 0 aliphatic carbocycles. The van der Waals surface area contributed by atoms with Crippen LogP contribution in [0.4, 0.5) is 0 Å². The van der Waals surface area contributed by atoms with E-state index in [1.165, 1.54) is 13.3 Å². The van der Waals surface area contributed by atoms with E-state index in [-0.39, 0.29) is 36.0 Å². The molecule has 0 heterocycles. The Hall–Kier alpha value is -0.360. The fourth-order valence-electron chi connectivity index (χ4n) is 1.86. The number of carboxylic acid groups (broad SMARTS) is 1. The summed E-state index contributed by atoms with van der Waals surface area (Å²) >= 11 is 0. The summed E-state index contributed by atoms with van der Waals surface area (Å²) in [5.41, 5.74) is 0. The van der Waals surface area contributed by atoms with Crippen LogP contribution in [0.1, 0.15) is 58.3 Å². The molecule has 5 nitrogen and oxygen atoms in total. The number of aliphatic hydroxyl groups is 1. The summed E-state index contributed by atoms with van der Waals surface area (Å²) in [6.45, 7) is 4.99. The fourth-order valence-corrected chi connectivity index (χ4v) is 1.86. The number of carboxylic acids is 1. The van der Waals surface area contributed by atoms with Gasteiger partial charge in [-0.05, 0) is 38.5 Å². The Bertz CT molecular complexity index is 319. The van der Waals surface area contributed by atoms with Crippen LogP contribution in [0.15, 0.2) is 17.6 Å². The van der Waals surface area contributed by atoms with Crippen LogP contribution in [0, 0.1) is 0 Å². The van der Waals surface area contributed by atoms with Gasteiger partial charge in [0, 0.05) is 0 Å². The Morgan fingerprint density at radius 2 is 1.76 bits per heavy atom. The minimum Gasteiger partial charge on any atom is -0.862 e. The maximum atomic E-state index is 11.5. The molecule has 0 fully saturated rings. The van der Waals surface area contributed by atoms with Crippen molar-refractivity contribution in [1.82, 2.24) is 0 Å². The third-order valence-corrected chi connectivity index (χ3v) is 3.04. The molecular formula is C15H26NNaO4. The quantitative estimate of drug-likeness (QED) is 0.157. The number of hydrogen-bond donors (Lipinski definition) is 2. The molecule has 0 aromatic heterocycles. The molecular weight excluding hydrogens is 281 g/mol. The summed E-state index contributed by atoms with van der Waals surface area (Å²) in [5.74, 6) is -1.71. The Balaban J connectivity index is 0. The summed E-state index contributed by atoms with van der Waals surface area (Å²) < 4.78 is 0. The first-order valence-corrected chi connectivity index (χ1v) is 7.24. The minimum atomic E-state index is -1.35. The van der Waals surface area contributed by atoms with Gasteiger partial charge in [0.25, 0.3) is 0 Å². The average molecular weight is 307 g/mol. The van der Waals surface area contributed by atoms with Crippen LogP contribution in [0.25, 0.3) is 0 Å². The van der Waals surface area contributed by atoms with E-state index in [2.05, 4.69) is 11.6 Å². The molecule has 116 valence electrons. The van der Waals surface area contributed by atoms with Crippen LogP contribution in [-0.4, -0.2) is 34.2 Å². The van der Waals surface area contributed by atoms with E-state index in [1.807, 2.05) is 6.08 Å². The number of allylic oxidation sites excluding steroid dienone is 1. The SMILES string of the molecule is C=CCCCCCCCCC([O-])=N[C@H](C(=O)O)[C@@H](C)O.[Na+]. The van der Waals surface area contributed by atoms with Crippen LogP contribution in [0.5, 0.6) is 0 Å². The summed E-state index contributed by atoms with van der Waals surface area (Å²) in [5, 5.41) is 29.5. The Morgan fingerprint density at radius 3 is 2.24 bits per heavy atom. The van der Waals surface area contributed by atoms with Gasteiger partial charge < -0.3 is 15.3 Å². The fraction of sp³-hybridized carbons (Fsp3) is 0.733. The summed E-state index contributed by atoms with van der Waals surface area (Å²) in [7, 11) is 0. The first kappa shape index (κ1) is 22.9. The number of nitrogens with zero attached hydrogens (tertiary/aromatic N) is 1. The minimum absolute atomic E-state index is 0. The molecule has 0 radical (unpaired) electrons. The zero-order chi connectivity index (χ0) is 15.4. The van der Waals surface area contributed by atoms with Gasteiger partial charge in [-0.2, -0.15) is 0 Å². The van der Waals surface area contributed by atoms with Gasteiger partial charge in [0.05, 0.1) is 6.10 Å². The number of unbranched alkanes of at least 4 members (excludes halogenated alkanes) is 6. The van der Waals surface area contributed by atoms with Gasteiger partial charge in [0.15, 0.2) is 6.04 Å². The van der Waals surface area contributed by atoms with Crippen LogP contribution >= 0.6 is 0 Å². The van der Waals surface area contributed by atoms with E-state index in [0.717, 1.165) is 38.5 Å². The van der Waals surface area contributed by atoms with Crippen LogP contribution in [0.2, 0.25) is 0 Å². The first-order valence-electron chi connectivity index (χ1n) is 7.24. The number of carbonyl (C=O) groups is 1. The Kier molecular flexibility index (Phi) is 15.9. The monoisotopic (exact) mass is 307 g/mol. The van der Waals surface area contributed by atoms with Crippen LogP contribution < -0.4 is 34.7 Å². The van der Waals surface area contributed by atoms with E-state index in [9.17, 15) is 15.0 Å². The van der Waals surface area contributed by atoms with Gasteiger partial charge >= 0.3 is 35.5 Å². The second-order valence-electron chi connectivity index (χ2n) is 5.00. The van der Waals surface area contributed by atoms with Gasteiger partial charge in [-0.3, -0.25) is 4.99 Å². The number of aliphatic carboxylic acids is 1. The third-order valence-electron chi connectivity index (χ3n) is 3.04. The van der Waals surface area contributed by atoms with Crippen molar-refractivity contribution in [2.75, 3.05) is 0 Å². The van der Waals surface area contributed by atoms with Gasteiger partial charge in [-0.15, -0.1) is 6.58 Å². The summed E-state index contributed by atoms with van der Waals surface area (Å²) in [6, 6.07) is -1.35. The molecule has 0 aromatic rings. The number of rotatable bonds is 12. The predicted molar refractivity (Wildman–Crippen MR) is 77.7 cm³/mol. The topological polar surface area (TPSA) is 93.0 Å². The zero-order valence-corrected chi connectivity index (χ0v) is 15.3. The van der Waals surface area contributed by atoms with E-state index < -0.39 is 24.0 Å². The van der Waals surface area contributed by atoms with Crippen molar-refractivity contribution >= 4 is 11.9 Å². The second-order valence-corrected chi connectivity index (χ2v) is 5.00. The third kappa shape index (κ3) is 13.1. The van der Waals surface area contributed by atoms with Gasteiger partial charge in [-0.1, -0.05) is 31.8 Å². The second kappa shape index (κ2) is 14.6. The molecule has 2 atom stereocenters. The van der Waals surface area contributed by atoms with Crippen molar-refractivity contribution in [3.8, 4) is 0 Å². The van der Waals surface area contributed by atoms with Gasteiger partial charge in [-0.25, -0.2) is 4.79 Å². The smallest absolute Gasteiger partial charge is 0.862 e. The average Bonchev–Trinajstić information content (AvgIpc) is 2.38. The van der Waals surface area contributed by atoms with Crippen molar-refractivity contribution in [2.45, 2.75) is 70.4 Å². The maximum Gasteiger partial charge on any atom is 1.00 e. The molecule has 0 aliphatic heterocycles. The molecule has 0 aromatic carbocycles. The molecule has 0 bridgehead atoms. The number of aliphatic imine (C=N–C) groups is 1. The van der Waals surface area contributed by atoms with E-state index >= 15 is 0 Å². The summed E-state index contributed by atoms with van der Waals surface area (Å²) in [4.78, 5) is 14.3. The van der Waals surface area contributed by atoms with Crippen molar-refractivity contribution in [1.29, 1.82) is 0 Å². The number of hydrogen-bond acceptors (Lipinski definition) is 4. The summed E-state index contributed by atoms with van der Waals surface area (Å²) in [6.07, 6.45) is 8.28. The normalized spacial score (nSPS) is 14.1. The van der Waals surface area contributed by atoms with Crippen molar-refractivity contribution in [2.24, 2.45) is 4.99 Å².